The van der Waals surface area contributed by atoms with Crippen molar-refractivity contribution >= 4 is 22.7 Å². The third-order valence-electron chi connectivity index (χ3n) is 2.05. The van der Waals surface area contributed by atoms with Crippen molar-refractivity contribution in [3.8, 4) is 0 Å². The van der Waals surface area contributed by atoms with Crippen LogP contribution in [-0.4, -0.2) is 12.0 Å². The zero-order chi connectivity index (χ0) is 9.97. The number of rotatable bonds is 3. The van der Waals surface area contributed by atoms with Crippen LogP contribution in [0.1, 0.15) is 21.6 Å². The van der Waals surface area contributed by atoms with E-state index in [1.807, 2.05) is 14.0 Å². The summed E-state index contributed by atoms with van der Waals surface area (Å²) < 4.78 is 0. The Hall–Kier alpha value is -0.710. The minimum absolute atomic E-state index is 0.250. The number of thiazole rings is 1. The topological polar surface area (TPSA) is 24.9 Å². The number of aromatic nitrogens is 1. The molecule has 4 heteroatoms. The maximum atomic E-state index is 4.50. The van der Waals surface area contributed by atoms with Crippen molar-refractivity contribution in [2.75, 3.05) is 7.05 Å². The maximum Gasteiger partial charge on any atom is 0.0898 e. The minimum atomic E-state index is 0.250. The molecule has 2 nitrogen and oxygen atoms in total. The van der Waals surface area contributed by atoms with Gasteiger partial charge in [-0.2, -0.15) is 0 Å². The first kappa shape index (κ1) is 9.83. The van der Waals surface area contributed by atoms with E-state index in [0.717, 1.165) is 10.7 Å². The SMILES string of the molecule is CNC(c1csc(C)n1)c1cccs1. The van der Waals surface area contributed by atoms with Crippen molar-refractivity contribution in [2.45, 2.75) is 13.0 Å². The predicted molar refractivity (Wildman–Crippen MR) is 62.1 cm³/mol. The van der Waals surface area contributed by atoms with E-state index in [9.17, 15) is 0 Å². The molecule has 0 saturated carbocycles. The van der Waals surface area contributed by atoms with Crippen LogP contribution in [0.5, 0.6) is 0 Å². The molecule has 2 aromatic heterocycles. The molecule has 2 rings (SSSR count). The summed E-state index contributed by atoms with van der Waals surface area (Å²) >= 11 is 3.46. The molecule has 0 spiro atoms. The van der Waals surface area contributed by atoms with Crippen LogP contribution in [0.2, 0.25) is 0 Å². The first-order chi connectivity index (χ1) is 6.81. The van der Waals surface area contributed by atoms with E-state index in [1.165, 1.54) is 4.88 Å². The predicted octanol–water partition coefficient (Wildman–Crippen LogP) is 2.82. The first-order valence-corrected chi connectivity index (χ1v) is 6.20. The van der Waals surface area contributed by atoms with Gasteiger partial charge < -0.3 is 5.32 Å². The average Bonchev–Trinajstić information content (AvgIpc) is 2.79. The highest BCUT2D eigenvalue weighted by Crippen LogP contribution is 2.26. The molecule has 1 atom stereocenters. The highest BCUT2D eigenvalue weighted by atomic mass is 32.1. The Morgan fingerprint density at radius 1 is 1.43 bits per heavy atom. The normalized spacial score (nSPS) is 13.0. The largest absolute Gasteiger partial charge is 0.307 e. The second kappa shape index (κ2) is 4.21. The van der Waals surface area contributed by atoms with Crippen LogP contribution in [0.25, 0.3) is 0 Å². The second-order valence-electron chi connectivity index (χ2n) is 3.03. The summed E-state index contributed by atoms with van der Waals surface area (Å²) in [7, 11) is 1.97. The first-order valence-electron chi connectivity index (χ1n) is 4.44. The van der Waals surface area contributed by atoms with Gasteiger partial charge in [0.25, 0.3) is 0 Å². The summed E-state index contributed by atoms with van der Waals surface area (Å²) in [6, 6.07) is 4.46. The van der Waals surface area contributed by atoms with Crippen LogP contribution in [0.4, 0.5) is 0 Å². The van der Waals surface area contributed by atoms with Gasteiger partial charge in [0.05, 0.1) is 16.7 Å². The van der Waals surface area contributed by atoms with Gasteiger partial charge in [-0.05, 0) is 25.4 Å². The standard InChI is InChI=1S/C10H12N2S2/c1-7-12-8(6-14-7)10(11-2)9-4-3-5-13-9/h3-6,10-11H,1-2H3. The molecule has 0 aliphatic heterocycles. The van der Waals surface area contributed by atoms with Crippen LogP contribution in [-0.2, 0) is 0 Å². The quantitative estimate of drug-likeness (QED) is 0.867. The lowest BCUT2D eigenvalue weighted by Gasteiger charge is -2.11. The Labute approximate surface area is 91.6 Å². The fourth-order valence-corrected chi connectivity index (χ4v) is 2.89. The molecule has 2 heterocycles. The highest BCUT2D eigenvalue weighted by molar-refractivity contribution is 7.10. The van der Waals surface area contributed by atoms with Crippen molar-refractivity contribution in [1.29, 1.82) is 0 Å². The van der Waals surface area contributed by atoms with E-state index >= 15 is 0 Å². The molecule has 14 heavy (non-hydrogen) atoms. The zero-order valence-corrected chi connectivity index (χ0v) is 9.78. The van der Waals surface area contributed by atoms with Crippen LogP contribution in [0.3, 0.4) is 0 Å². The van der Waals surface area contributed by atoms with E-state index in [-0.39, 0.29) is 6.04 Å². The Bertz CT molecular complexity index is 392. The van der Waals surface area contributed by atoms with E-state index in [4.69, 9.17) is 0 Å². The van der Waals surface area contributed by atoms with Gasteiger partial charge in [0.1, 0.15) is 0 Å². The van der Waals surface area contributed by atoms with Gasteiger partial charge in [-0.1, -0.05) is 6.07 Å². The third-order valence-corrected chi connectivity index (χ3v) is 3.78. The third kappa shape index (κ3) is 1.87. The monoisotopic (exact) mass is 224 g/mol. The summed E-state index contributed by atoms with van der Waals surface area (Å²) in [5.41, 5.74) is 1.12. The van der Waals surface area contributed by atoms with Gasteiger partial charge in [0.2, 0.25) is 0 Å². The number of nitrogens with one attached hydrogen (secondary N) is 1. The van der Waals surface area contributed by atoms with Gasteiger partial charge >= 0.3 is 0 Å². The smallest absolute Gasteiger partial charge is 0.0898 e. The van der Waals surface area contributed by atoms with Crippen molar-refractivity contribution in [3.63, 3.8) is 0 Å². The summed E-state index contributed by atoms with van der Waals surface area (Å²) in [4.78, 5) is 5.82. The fraction of sp³-hybridized carbons (Fsp3) is 0.300. The van der Waals surface area contributed by atoms with Gasteiger partial charge in [0.15, 0.2) is 0 Å². The number of nitrogens with zero attached hydrogens (tertiary/aromatic N) is 1. The Morgan fingerprint density at radius 2 is 2.29 bits per heavy atom. The van der Waals surface area contributed by atoms with Gasteiger partial charge in [-0.25, -0.2) is 4.98 Å². The van der Waals surface area contributed by atoms with Crippen molar-refractivity contribution < 1.29 is 0 Å². The maximum absolute atomic E-state index is 4.50. The molecule has 74 valence electrons. The Morgan fingerprint density at radius 3 is 2.79 bits per heavy atom. The summed E-state index contributed by atoms with van der Waals surface area (Å²) in [6.07, 6.45) is 0. The molecule has 2 aromatic rings. The number of thiophene rings is 1. The molecule has 0 aromatic carbocycles. The lowest BCUT2D eigenvalue weighted by atomic mass is 10.2. The number of hydrogen-bond acceptors (Lipinski definition) is 4. The molecular formula is C10H12N2S2. The molecule has 0 amide bonds. The molecule has 0 aliphatic carbocycles. The van der Waals surface area contributed by atoms with Crippen LogP contribution >= 0.6 is 22.7 Å². The van der Waals surface area contributed by atoms with E-state index in [2.05, 4.69) is 33.2 Å². The second-order valence-corrected chi connectivity index (χ2v) is 5.07. The lowest BCUT2D eigenvalue weighted by molar-refractivity contribution is 0.685. The minimum Gasteiger partial charge on any atom is -0.307 e. The van der Waals surface area contributed by atoms with Crippen LogP contribution in [0, 0.1) is 6.92 Å². The van der Waals surface area contributed by atoms with Gasteiger partial charge in [-0.15, -0.1) is 22.7 Å². The van der Waals surface area contributed by atoms with Gasteiger partial charge in [0, 0.05) is 10.3 Å². The molecule has 0 saturated heterocycles. The van der Waals surface area contributed by atoms with E-state index in [1.54, 1.807) is 22.7 Å². The molecule has 0 aliphatic rings. The van der Waals surface area contributed by atoms with Crippen molar-refractivity contribution in [3.05, 3.63) is 38.5 Å². The Balaban J connectivity index is 2.31. The van der Waals surface area contributed by atoms with E-state index in [0.29, 0.717) is 0 Å². The number of aryl methyl sites for hydroxylation is 1. The highest BCUT2D eigenvalue weighted by Gasteiger charge is 2.15. The Kier molecular flexibility index (Phi) is 2.96. The average molecular weight is 224 g/mol. The summed E-state index contributed by atoms with van der Waals surface area (Å²) in [5, 5.41) is 8.63. The van der Waals surface area contributed by atoms with Crippen molar-refractivity contribution in [1.82, 2.24) is 10.3 Å². The molecular weight excluding hydrogens is 212 g/mol. The van der Waals surface area contributed by atoms with E-state index < -0.39 is 0 Å². The van der Waals surface area contributed by atoms with Crippen LogP contribution < -0.4 is 5.32 Å². The molecule has 0 radical (unpaired) electrons. The van der Waals surface area contributed by atoms with Gasteiger partial charge in [-0.3, -0.25) is 0 Å². The fourth-order valence-electron chi connectivity index (χ4n) is 1.40. The summed E-state index contributed by atoms with van der Waals surface area (Å²) in [5.74, 6) is 0. The zero-order valence-electron chi connectivity index (χ0n) is 8.15. The number of hydrogen-bond donors (Lipinski definition) is 1. The summed E-state index contributed by atoms with van der Waals surface area (Å²) in [6.45, 7) is 2.04. The van der Waals surface area contributed by atoms with Crippen LogP contribution in [0.15, 0.2) is 22.9 Å². The molecule has 0 bridgehead atoms. The molecule has 0 fully saturated rings. The lowest BCUT2D eigenvalue weighted by Crippen LogP contribution is -2.16. The molecule has 1 unspecified atom stereocenters. The molecule has 1 N–H and O–H groups in total. The van der Waals surface area contributed by atoms with Crippen molar-refractivity contribution in [2.24, 2.45) is 0 Å².